The molecule has 0 aliphatic heterocycles. The number of ether oxygens (including phenoxy) is 1. The van der Waals surface area contributed by atoms with Gasteiger partial charge in [-0.25, -0.2) is 14.7 Å². The highest BCUT2D eigenvalue weighted by molar-refractivity contribution is 6.04. The number of pyridine rings is 1. The Balaban J connectivity index is 1.91. The molecule has 0 bridgehead atoms. The molecule has 0 saturated heterocycles. The molecule has 2 aromatic carbocycles. The van der Waals surface area contributed by atoms with Crippen molar-refractivity contribution in [3.63, 3.8) is 0 Å². The summed E-state index contributed by atoms with van der Waals surface area (Å²) in [5.74, 6) is 1.33. The van der Waals surface area contributed by atoms with Crippen molar-refractivity contribution in [1.29, 1.82) is 0 Å². The quantitative estimate of drug-likeness (QED) is 0.496. The fraction of sp³-hybridized carbons (Fsp3) is 0.125. The number of nitrogens with one attached hydrogen (secondary N) is 1. The molecule has 0 fully saturated rings. The number of hydrogen-bond acceptors (Lipinski definition) is 4. The van der Waals surface area contributed by atoms with Crippen molar-refractivity contribution < 1.29 is 4.74 Å². The van der Waals surface area contributed by atoms with Gasteiger partial charge in [0, 0.05) is 11.8 Å². The predicted octanol–water partition coefficient (Wildman–Crippen LogP) is 4.69. The van der Waals surface area contributed by atoms with E-state index in [0.717, 1.165) is 16.9 Å². The second-order valence-corrected chi connectivity index (χ2v) is 6.91. The molecule has 4 aromatic rings. The van der Waals surface area contributed by atoms with Gasteiger partial charge in [-0.3, -0.25) is 9.89 Å². The summed E-state index contributed by atoms with van der Waals surface area (Å²) in [6, 6.07) is 20.9. The topological polar surface area (TPSA) is 72.3 Å². The maximum Gasteiger partial charge on any atom is 0.280 e. The average molecular weight is 398 g/mol. The van der Waals surface area contributed by atoms with Gasteiger partial charge in [0.15, 0.2) is 5.82 Å². The summed E-state index contributed by atoms with van der Waals surface area (Å²) < 4.78 is 6.75. The summed E-state index contributed by atoms with van der Waals surface area (Å²) in [5.41, 5.74) is 4.23. The number of hydrogen-bond donors (Lipinski definition) is 1. The lowest BCUT2D eigenvalue weighted by molar-refractivity contribution is 0.414. The van der Waals surface area contributed by atoms with E-state index in [1.165, 1.54) is 4.68 Å². The van der Waals surface area contributed by atoms with E-state index in [-0.39, 0.29) is 5.56 Å². The van der Waals surface area contributed by atoms with Crippen molar-refractivity contribution in [3.05, 3.63) is 94.4 Å². The largest absolute Gasteiger partial charge is 0.497 e. The number of aromatic amines is 1. The monoisotopic (exact) mass is 398 g/mol. The zero-order chi connectivity index (χ0) is 21.1. The van der Waals surface area contributed by atoms with Gasteiger partial charge < -0.3 is 4.74 Å². The molecule has 2 heterocycles. The lowest BCUT2D eigenvalue weighted by Gasteiger charge is -2.04. The molecule has 0 spiro atoms. The van der Waals surface area contributed by atoms with Gasteiger partial charge in [-0.2, -0.15) is 0 Å². The van der Waals surface area contributed by atoms with Crippen molar-refractivity contribution in [2.75, 3.05) is 7.11 Å². The minimum Gasteiger partial charge on any atom is -0.497 e. The van der Waals surface area contributed by atoms with E-state index in [1.54, 1.807) is 13.3 Å². The molecule has 0 aliphatic carbocycles. The number of methoxy groups -OCH3 is 1. The molecule has 1 N–H and O–H groups in total. The normalized spacial score (nSPS) is 11.5. The van der Waals surface area contributed by atoms with Crippen LogP contribution in [-0.2, 0) is 0 Å². The van der Waals surface area contributed by atoms with Gasteiger partial charge in [0.2, 0.25) is 0 Å². The van der Waals surface area contributed by atoms with Crippen LogP contribution in [0.25, 0.3) is 16.9 Å². The minimum absolute atomic E-state index is 0.172. The van der Waals surface area contributed by atoms with E-state index >= 15 is 0 Å². The Bertz CT molecular complexity index is 1250. The summed E-state index contributed by atoms with van der Waals surface area (Å²) in [6.45, 7) is 3.79. The SMILES string of the molecule is COc1ccc(-n2[nH]c(-c3ccccc3)c(/C(C)=N/c3ncccc3C)c2=O)cc1. The first-order chi connectivity index (χ1) is 14.6. The van der Waals surface area contributed by atoms with E-state index in [0.29, 0.717) is 28.5 Å². The van der Waals surface area contributed by atoms with Gasteiger partial charge in [-0.1, -0.05) is 36.4 Å². The molecular weight excluding hydrogens is 376 g/mol. The number of nitrogens with zero attached hydrogens (tertiary/aromatic N) is 3. The van der Waals surface area contributed by atoms with Crippen LogP contribution < -0.4 is 10.3 Å². The Hall–Kier alpha value is -3.93. The van der Waals surface area contributed by atoms with E-state index in [9.17, 15) is 4.79 Å². The maximum atomic E-state index is 13.4. The number of benzene rings is 2. The van der Waals surface area contributed by atoms with Gasteiger partial charge >= 0.3 is 0 Å². The molecule has 0 unspecified atom stereocenters. The van der Waals surface area contributed by atoms with Gasteiger partial charge in [0.25, 0.3) is 5.56 Å². The summed E-state index contributed by atoms with van der Waals surface area (Å²) in [7, 11) is 1.61. The van der Waals surface area contributed by atoms with Crippen molar-refractivity contribution >= 4 is 11.5 Å². The summed E-state index contributed by atoms with van der Waals surface area (Å²) in [6.07, 6.45) is 1.70. The van der Waals surface area contributed by atoms with Crippen molar-refractivity contribution in [1.82, 2.24) is 14.8 Å². The molecule has 4 rings (SSSR count). The summed E-state index contributed by atoms with van der Waals surface area (Å²) in [4.78, 5) is 22.4. The Morgan fingerprint density at radius 1 is 1.03 bits per heavy atom. The fourth-order valence-electron chi connectivity index (χ4n) is 3.31. The van der Waals surface area contributed by atoms with Crippen LogP contribution in [0.3, 0.4) is 0 Å². The molecule has 2 aromatic heterocycles. The first-order valence-corrected chi connectivity index (χ1v) is 9.60. The Kier molecular flexibility index (Phi) is 5.30. The number of aryl methyl sites for hydroxylation is 1. The number of H-pyrrole nitrogens is 1. The highest BCUT2D eigenvalue weighted by Crippen LogP contribution is 2.24. The molecule has 0 atom stereocenters. The fourth-order valence-corrected chi connectivity index (χ4v) is 3.31. The van der Waals surface area contributed by atoms with Crippen LogP contribution in [-0.4, -0.2) is 27.6 Å². The Labute approximate surface area is 174 Å². The molecule has 0 aliphatic rings. The third kappa shape index (κ3) is 3.67. The first-order valence-electron chi connectivity index (χ1n) is 9.60. The zero-order valence-corrected chi connectivity index (χ0v) is 17.1. The second-order valence-electron chi connectivity index (χ2n) is 6.91. The molecule has 0 radical (unpaired) electrons. The van der Waals surface area contributed by atoms with Crippen molar-refractivity contribution in [2.24, 2.45) is 4.99 Å². The highest BCUT2D eigenvalue weighted by atomic mass is 16.5. The molecular formula is C24H22N4O2. The third-order valence-corrected chi connectivity index (χ3v) is 4.90. The van der Waals surface area contributed by atoms with Gasteiger partial charge in [0.05, 0.1) is 29.8 Å². The molecule has 6 heteroatoms. The number of aliphatic imine (C=N–C) groups is 1. The van der Waals surface area contributed by atoms with Gasteiger partial charge in [0.1, 0.15) is 5.75 Å². The third-order valence-electron chi connectivity index (χ3n) is 4.90. The van der Waals surface area contributed by atoms with E-state index in [2.05, 4.69) is 15.1 Å². The van der Waals surface area contributed by atoms with E-state index in [1.807, 2.05) is 80.6 Å². The smallest absolute Gasteiger partial charge is 0.280 e. The lowest BCUT2D eigenvalue weighted by Crippen LogP contribution is -2.19. The molecule has 0 amide bonds. The van der Waals surface area contributed by atoms with Crippen LogP contribution >= 0.6 is 0 Å². The summed E-state index contributed by atoms with van der Waals surface area (Å²) >= 11 is 0. The van der Waals surface area contributed by atoms with Crippen LogP contribution in [0.5, 0.6) is 5.75 Å². The van der Waals surface area contributed by atoms with Crippen LogP contribution in [0.4, 0.5) is 5.82 Å². The van der Waals surface area contributed by atoms with Crippen LogP contribution in [0, 0.1) is 6.92 Å². The van der Waals surface area contributed by atoms with E-state index < -0.39 is 0 Å². The van der Waals surface area contributed by atoms with Crippen LogP contribution in [0.1, 0.15) is 18.1 Å². The van der Waals surface area contributed by atoms with Crippen molar-refractivity contribution in [2.45, 2.75) is 13.8 Å². The van der Waals surface area contributed by atoms with E-state index in [4.69, 9.17) is 4.74 Å². The first kappa shape index (κ1) is 19.4. The molecule has 6 nitrogen and oxygen atoms in total. The molecule has 0 saturated carbocycles. The predicted molar refractivity (Wildman–Crippen MR) is 119 cm³/mol. The second kappa shape index (κ2) is 8.21. The standard InChI is InChI=1S/C24H22N4O2/c1-16-8-7-15-25-23(16)26-17(2)21-22(18-9-5-4-6-10-18)27-28(24(21)29)19-11-13-20(30-3)14-12-19/h4-15,27H,1-3H3/b26-17+. The highest BCUT2D eigenvalue weighted by Gasteiger charge is 2.19. The number of aromatic nitrogens is 3. The van der Waals surface area contributed by atoms with Crippen molar-refractivity contribution in [3.8, 4) is 22.7 Å². The zero-order valence-electron chi connectivity index (χ0n) is 17.1. The number of rotatable bonds is 5. The van der Waals surface area contributed by atoms with Crippen LogP contribution in [0.2, 0.25) is 0 Å². The minimum atomic E-state index is -0.172. The van der Waals surface area contributed by atoms with Crippen LogP contribution in [0.15, 0.2) is 82.7 Å². The molecule has 30 heavy (non-hydrogen) atoms. The van der Waals surface area contributed by atoms with Gasteiger partial charge in [-0.15, -0.1) is 0 Å². The molecule has 150 valence electrons. The average Bonchev–Trinajstić information content (AvgIpc) is 3.13. The Morgan fingerprint density at radius 2 is 1.77 bits per heavy atom. The lowest BCUT2D eigenvalue weighted by atomic mass is 10.1. The Morgan fingerprint density at radius 3 is 2.43 bits per heavy atom. The van der Waals surface area contributed by atoms with Gasteiger partial charge in [-0.05, 0) is 49.7 Å². The summed E-state index contributed by atoms with van der Waals surface area (Å²) in [5, 5.41) is 3.26. The maximum absolute atomic E-state index is 13.4.